The van der Waals surface area contributed by atoms with Crippen molar-refractivity contribution in [1.29, 1.82) is 0 Å². The summed E-state index contributed by atoms with van der Waals surface area (Å²) in [4.78, 5) is 5.16. The number of piperidine rings is 1. The summed E-state index contributed by atoms with van der Waals surface area (Å²) < 4.78 is 0. The van der Waals surface area contributed by atoms with E-state index in [0.717, 1.165) is 6.04 Å². The summed E-state index contributed by atoms with van der Waals surface area (Å²) in [6.45, 7) is 12.3. The number of nitrogens with one attached hydrogen (secondary N) is 1. The average Bonchev–Trinajstić information content (AvgIpc) is 2.33. The first kappa shape index (κ1) is 13.3. The molecule has 2 fully saturated rings. The van der Waals surface area contributed by atoms with Crippen LogP contribution in [0.2, 0.25) is 0 Å². The quantitative estimate of drug-likeness (QED) is 0.803. The van der Waals surface area contributed by atoms with Gasteiger partial charge in [-0.3, -0.25) is 4.90 Å². The summed E-state index contributed by atoms with van der Waals surface area (Å²) in [5, 5.41) is 3.61. The van der Waals surface area contributed by atoms with Crippen LogP contribution < -0.4 is 5.32 Å². The highest BCUT2D eigenvalue weighted by atomic mass is 15.2. The predicted octanol–water partition coefficient (Wildman–Crippen LogP) is 1.40. The molecule has 0 aromatic rings. The van der Waals surface area contributed by atoms with Gasteiger partial charge in [0.25, 0.3) is 0 Å². The van der Waals surface area contributed by atoms with Gasteiger partial charge in [-0.25, -0.2) is 0 Å². The Kier molecular flexibility index (Phi) is 4.45. The van der Waals surface area contributed by atoms with Crippen LogP contribution in [0, 0.1) is 5.41 Å². The molecule has 1 atom stereocenters. The van der Waals surface area contributed by atoms with Crippen LogP contribution in [0.5, 0.6) is 0 Å². The van der Waals surface area contributed by atoms with Crippen LogP contribution in [-0.4, -0.2) is 62.2 Å². The third-order valence-corrected chi connectivity index (χ3v) is 4.63. The third kappa shape index (κ3) is 3.67. The van der Waals surface area contributed by atoms with Gasteiger partial charge in [-0.05, 0) is 44.8 Å². The lowest BCUT2D eigenvalue weighted by atomic mass is 9.80. The zero-order valence-corrected chi connectivity index (χ0v) is 11.8. The molecule has 0 saturated carbocycles. The SMILES string of the molecule is CCC1CN(CC2(C)CCN(C)CC2)CCN1. The second-order valence-corrected chi connectivity index (χ2v) is 6.41. The van der Waals surface area contributed by atoms with Crippen LogP contribution in [-0.2, 0) is 0 Å². The highest BCUT2D eigenvalue weighted by Crippen LogP contribution is 2.31. The van der Waals surface area contributed by atoms with E-state index in [1.165, 1.54) is 58.5 Å². The van der Waals surface area contributed by atoms with E-state index in [0.29, 0.717) is 5.41 Å². The molecule has 100 valence electrons. The number of likely N-dealkylation sites (tertiary alicyclic amines) is 1. The molecule has 3 nitrogen and oxygen atoms in total. The van der Waals surface area contributed by atoms with E-state index in [1.807, 2.05) is 0 Å². The van der Waals surface area contributed by atoms with E-state index < -0.39 is 0 Å². The lowest BCUT2D eigenvalue weighted by molar-refractivity contribution is 0.0713. The number of hydrogen-bond acceptors (Lipinski definition) is 3. The Morgan fingerprint density at radius 2 is 1.94 bits per heavy atom. The molecule has 1 unspecified atom stereocenters. The Hall–Kier alpha value is -0.120. The Balaban J connectivity index is 1.83. The molecule has 2 heterocycles. The zero-order chi connectivity index (χ0) is 12.3. The Labute approximate surface area is 107 Å². The first-order chi connectivity index (χ1) is 8.11. The summed E-state index contributed by atoms with van der Waals surface area (Å²) in [6.07, 6.45) is 3.99. The molecular formula is C14H29N3. The summed E-state index contributed by atoms with van der Waals surface area (Å²) in [5.74, 6) is 0. The van der Waals surface area contributed by atoms with E-state index in [4.69, 9.17) is 0 Å². The van der Waals surface area contributed by atoms with Crippen molar-refractivity contribution in [1.82, 2.24) is 15.1 Å². The van der Waals surface area contributed by atoms with Crippen molar-refractivity contribution in [3.05, 3.63) is 0 Å². The van der Waals surface area contributed by atoms with Crippen LogP contribution in [0.1, 0.15) is 33.1 Å². The first-order valence-corrected chi connectivity index (χ1v) is 7.25. The molecule has 0 aromatic heterocycles. The Morgan fingerprint density at radius 1 is 1.24 bits per heavy atom. The molecule has 17 heavy (non-hydrogen) atoms. The van der Waals surface area contributed by atoms with Gasteiger partial charge < -0.3 is 10.2 Å². The first-order valence-electron chi connectivity index (χ1n) is 7.25. The van der Waals surface area contributed by atoms with Crippen LogP contribution in [0.25, 0.3) is 0 Å². The predicted molar refractivity (Wildman–Crippen MR) is 73.4 cm³/mol. The van der Waals surface area contributed by atoms with Crippen LogP contribution >= 0.6 is 0 Å². The van der Waals surface area contributed by atoms with Crippen molar-refractivity contribution in [3.63, 3.8) is 0 Å². The lowest BCUT2D eigenvalue weighted by Gasteiger charge is -2.43. The number of nitrogens with zero attached hydrogens (tertiary/aromatic N) is 2. The van der Waals surface area contributed by atoms with Crippen molar-refractivity contribution >= 4 is 0 Å². The molecule has 2 aliphatic rings. The summed E-state index contributed by atoms with van der Waals surface area (Å²) in [7, 11) is 2.25. The van der Waals surface area contributed by atoms with Crippen molar-refractivity contribution in [2.45, 2.75) is 39.2 Å². The number of rotatable bonds is 3. The molecule has 2 aliphatic heterocycles. The standard InChI is InChI=1S/C14H29N3/c1-4-13-11-17(10-7-15-13)12-14(2)5-8-16(3)9-6-14/h13,15H,4-12H2,1-3H3. The maximum Gasteiger partial charge on any atom is 0.0192 e. The lowest BCUT2D eigenvalue weighted by Crippen LogP contribution is -2.53. The molecule has 0 spiro atoms. The zero-order valence-electron chi connectivity index (χ0n) is 11.8. The summed E-state index contributed by atoms with van der Waals surface area (Å²) in [6, 6.07) is 0.721. The Bertz CT molecular complexity index is 234. The highest BCUT2D eigenvalue weighted by molar-refractivity contribution is 4.87. The molecule has 0 aromatic carbocycles. The topological polar surface area (TPSA) is 18.5 Å². The van der Waals surface area contributed by atoms with Crippen molar-refractivity contribution in [2.75, 3.05) is 46.3 Å². The molecule has 1 N–H and O–H groups in total. The molecule has 0 bridgehead atoms. The van der Waals surface area contributed by atoms with Crippen LogP contribution in [0.4, 0.5) is 0 Å². The van der Waals surface area contributed by atoms with Gasteiger partial charge in [0.1, 0.15) is 0 Å². The highest BCUT2D eigenvalue weighted by Gasteiger charge is 2.32. The van der Waals surface area contributed by atoms with E-state index >= 15 is 0 Å². The second-order valence-electron chi connectivity index (χ2n) is 6.41. The fourth-order valence-electron chi connectivity index (χ4n) is 3.17. The van der Waals surface area contributed by atoms with E-state index in [2.05, 4.69) is 36.0 Å². The fraction of sp³-hybridized carbons (Fsp3) is 1.00. The molecule has 0 radical (unpaired) electrons. The second kappa shape index (κ2) is 5.68. The largest absolute Gasteiger partial charge is 0.311 e. The summed E-state index contributed by atoms with van der Waals surface area (Å²) >= 11 is 0. The smallest absolute Gasteiger partial charge is 0.0192 e. The van der Waals surface area contributed by atoms with Gasteiger partial charge in [-0.1, -0.05) is 13.8 Å². The van der Waals surface area contributed by atoms with Crippen molar-refractivity contribution in [3.8, 4) is 0 Å². The molecule has 2 rings (SSSR count). The molecular weight excluding hydrogens is 210 g/mol. The van der Waals surface area contributed by atoms with Crippen molar-refractivity contribution < 1.29 is 0 Å². The molecule has 0 aliphatic carbocycles. The van der Waals surface area contributed by atoms with Gasteiger partial charge in [0, 0.05) is 32.2 Å². The van der Waals surface area contributed by atoms with Gasteiger partial charge >= 0.3 is 0 Å². The molecule has 3 heteroatoms. The van der Waals surface area contributed by atoms with Crippen molar-refractivity contribution in [2.24, 2.45) is 5.41 Å². The third-order valence-electron chi connectivity index (χ3n) is 4.63. The van der Waals surface area contributed by atoms with E-state index in [1.54, 1.807) is 0 Å². The fourth-order valence-corrected chi connectivity index (χ4v) is 3.17. The molecule has 0 amide bonds. The monoisotopic (exact) mass is 239 g/mol. The molecule has 2 saturated heterocycles. The summed E-state index contributed by atoms with van der Waals surface area (Å²) in [5.41, 5.74) is 0.558. The minimum Gasteiger partial charge on any atom is -0.311 e. The van der Waals surface area contributed by atoms with Crippen LogP contribution in [0.15, 0.2) is 0 Å². The van der Waals surface area contributed by atoms with E-state index in [9.17, 15) is 0 Å². The number of piperazine rings is 1. The van der Waals surface area contributed by atoms with Gasteiger partial charge in [0.15, 0.2) is 0 Å². The minimum atomic E-state index is 0.558. The van der Waals surface area contributed by atoms with Gasteiger partial charge in [0.05, 0.1) is 0 Å². The van der Waals surface area contributed by atoms with Gasteiger partial charge in [-0.15, -0.1) is 0 Å². The number of hydrogen-bond donors (Lipinski definition) is 1. The van der Waals surface area contributed by atoms with Gasteiger partial charge in [-0.2, -0.15) is 0 Å². The van der Waals surface area contributed by atoms with Gasteiger partial charge in [0.2, 0.25) is 0 Å². The maximum absolute atomic E-state index is 3.61. The maximum atomic E-state index is 3.61. The minimum absolute atomic E-state index is 0.558. The normalized spacial score (nSPS) is 31.6. The Morgan fingerprint density at radius 3 is 2.59 bits per heavy atom. The van der Waals surface area contributed by atoms with E-state index in [-0.39, 0.29) is 0 Å². The average molecular weight is 239 g/mol. The van der Waals surface area contributed by atoms with Crippen LogP contribution in [0.3, 0.4) is 0 Å².